The van der Waals surface area contributed by atoms with Crippen molar-refractivity contribution >= 4 is 29.7 Å². The van der Waals surface area contributed by atoms with Crippen LogP contribution in [0, 0.1) is 6.92 Å². The molecule has 0 aromatic heterocycles. The van der Waals surface area contributed by atoms with E-state index in [0.717, 1.165) is 25.9 Å². The molecule has 1 aromatic rings. The summed E-state index contributed by atoms with van der Waals surface area (Å²) in [7, 11) is 3.68. The average molecular weight is 323 g/mol. The minimum atomic E-state index is -0.974. The zero-order chi connectivity index (χ0) is 16.3. The van der Waals surface area contributed by atoms with Gasteiger partial charge in [-0.2, -0.15) is 0 Å². The first kappa shape index (κ1) is 16.6. The van der Waals surface area contributed by atoms with Gasteiger partial charge in [0.05, 0.1) is 16.8 Å². The maximum atomic E-state index is 12.5. The lowest BCUT2D eigenvalue weighted by atomic mass is 10.0. The SMILES string of the molecule is Cc1cc(C(=O)O)cc(N2CCCC2)c1C(=O)NSN(C)C. The molecule has 2 N–H and O–H groups in total. The number of benzene rings is 1. The summed E-state index contributed by atoms with van der Waals surface area (Å²) >= 11 is 1.20. The highest BCUT2D eigenvalue weighted by Gasteiger charge is 2.23. The van der Waals surface area contributed by atoms with Crippen molar-refractivity contribution in [3.63, 3.8) is 0 Å². The summed E-state index contributed by atoms with van der Waals surface area (Å²) in [6.45, 7) is 3.48. The molecule has 1 heterocycles. The largest absolute Gasteiger partial charge is 0.478 e. The Bertz CT molecular complexity index is 584. The Hall–Kier alpha value is -1.73. The summed E-state index contributed by atoms with van der Waals surface area (Å²) in [6, 6.07) is 3.16. The van der Waals surface area contributed by atoms with E-state index in [-0.39, 0.29) is 11.5 Å². The number of carboxylic acids is 1. The first-order valence-corrected chi connectivity index (χ1v) is 7.95. The molecule has 2 rings (SSSR count). The highest BCUT2D eigenvalue weighted by atomic mass is 32.2. The Morgan fingerprint density at radius 2 is 1.91 bits per heavy atom. The summed E-state index contributed by atoms with van der Waals surface area (Å²) in [5.74, 6) is -1.17. The van der Waals surface area contributed by atoms with E-state index < -0.39 is 5.97 Å². The molecule has 120 valence electrons. The summed E-state index contributed by atoms with van der Waals surface area (Å²) in [6.07, 6.45) is 2.12. The van der Waals surface area contributed by atoms with Crippen LogP contribution >= 0.6 is 12.1 Å². The highest BCUT2D eigenvalue weighted by Crippen LogP contribution is 2.29. The lowest BCUT2D eigenvalue weighted by molar-refractivity contribution is 0.0696. The zero-order valence-corrected chi connectivity index (χ0v) is 13.9. The Balaban J connectivity index is 2.41. The van der Waals surface area contributed by atoms with Gasteiger partial charge in [0.25, 0.3) is 5.91 Å². The molecule has 7 heteroatoms. The summed E-state index contributed by atoms with van der Waals surface area (Å²) in [5.41, 5.74) is 2.17. The van der Waals surface area contributed by atoms with Gasteiger partial charge in [-0.15, -0.1) is 0 Å². The molecule has 0 atom stereocenters. The van der Waals surface area contributed by atoms with E-state index in [0.29, 0.717) is 16.8 Å². The summed E-state index contributed by atoms with van der Waals surface area (Å²) in [4.78, 5) is 25.9. The minimum absolute atomic E-state index is 0.199. The first-order chi connectivity index (χ1) is 10.4. The van der Waals surface area contributed by atoms with Crippen LogP contribution in [0.3, 0.4) is 0 Å². The van der Waals surface area contributed by atoms with Gasteiger partial charge >= 0.3 is 5.97 Å². The number of rotatable bonds is 5. The lowest BCUT2D eigenvalue weighted by Gasteiger charge is -2.23. The van der Waals surface area contributed by atoms with Crippen LogP contribution in [-0.4, -0.2) is 48.5 Å². The van der Waals surface area contributed by atoms with Crippen molar-refractivity contribution in [2.24, 2.45) is 0 Å². The molecule has 0 bridgehead atoms. The van der Waals surface area contributed by atoms with Crippen molar-refractivity contribution in [2.45, 2.75) is 19.8 Å². The van der Waals surface area contributed by atoms with Crippen molar-refractivity contribution in [2.75, 3.05) is 32.1 Å². The van der Waals surface area contributed by atoms with Gasteiger partial charge in [-0.05, 0) is 51.6 Å². The van der Waals surface area contributed by atoms with Gasteiger partial charge < -0.3 is 10.0 Å². The van der Waals surface area contributed by atoms with Gasteiger partial charge in [0, 0.05) is 25.2 Å². The number of carboxylic acid groups (broad SMARTS) is 1. The number of hydrogen-bond acceptors (Lipinski definition) is 5. The number of amides is 1. The third-order valence-corrected chi connectivity index (χ3v) is 4.20. The predicted molar refractivity (Wildman–Crippen MR) is 88.3 cm³/mol. The molecule has 0 aliphatic carbocycles. The Morgan fingerprint density at radius 1 is 1.27 bits per heavy atom. The van der Waals surface area contributed by atoms with Gasteiger partial charge in [-0.3, -0.25) is 9.52 Å². The normalized spacial score (nSPS) is 14.5. The standard InChI is InChI=1S/C15H21N3O3S/c1-10-8-11(15(20)21)9-12(18-6-4-5-7-18)13(10)14(19)16-22-17(2)3/h8-9H,4-7H2,1-3H3,(H,16,19)(H,20,21). The molecular formula is C15H21N3O3S. The van der Waals surface area contributed by atoms with Crippen LogP contribution in [0.4, 0.5) is 5.69 Å². The molecule has 22 heavy (non-hydrogen) atoms. The van der Waals surface area contributed by atoms with Gasteiger partial charge in [0.1, 0.15) is 0 Å². The van der Waals surface area contributed by atoms with Gasteiger partial charge in [0.2, 0.25) is 0 Å². The van der Waals surface area contributed by atoms with Crippen molar-refractivity contribution in [1.82, 2.24) is 9.03 Å². The molecule has 0 saturated carbocycles. The van der Waals surface area contributed by atoms with Crippen LogP contribution in [0.2, 0.25) is 0 Å². The zero-order valence-electron chi connectivity index (χ0n) is 13.0. The molecule has 1 aliphatic rings. The van der Waals surface area contributed by atoms with E-state index in [1.807, 2.05) is 14.1 Å². The Kier molecular flexibility index (Phi) is 5.31. The molecule has 0 spiro atoms. The van der Waals surface area contributed by atoms with Crippen molar-refractivity contribution < 1.29 is 14.7 Å². The lowest BCUT2D eigenvalue weighted by Crippen LogP contribution is -2.27. The molecule has 0 radical (unpaired) electrons. The third kappa shape index (κ3) is 3.72. The highest BCUT2D eigenvalue weighted by molar-refractivity contribution is 7.95. The van der Waals surface area contributed by atoms with Gasteiger partial charge in [0.15, 0.2) is 0 Å². The molecule has 0 unspecified atom stereocenters. The number of carbonyl (C=O) groups excluding carboxylic acids is 1. The van der Waals surface area contributed by atoms with Crippen molar-refractivity contribution in [3.8, 4) is 0 Å². The smallest absolute Gasteiger partial charge is 0.335 e. The van der Waals surface area contributed by atoms with Crippen molar-refractivity contribution in [1.29, 1.82) is 0 Å². The fourth-order valence-corrected chi connectivity index (χ4v) is 2.95. The van der Waals surface area contributed by atoms with E-state index in [1.54, 1.807) is 23.4 Å². The predicted octanol–water partition coefficient (Wildman–Crippen LogP) is 2.15. The number of aromatic carboxylic acids is 1. The molecule has 6 nitrogen and oxygen atoms in total. The number of hydrogen-bond donors (Lipinski definition) is 2. The van der Waals surface area contributed by atoms with Crippen LogP contribution in [0.5, 0.6) is 0 Å². The summed E-state index contributed by atoms with van der Waals surface area (Å²) < 4.78 is 4.57. The molecule has 1 aromatic carbocycles. The van der Waals surface area contributed by atoms with Crippen LogP contribution in [0.1, 0.15) is 39.1 Å². The van der Waals surface area contributed by atoms with E-state index in [4.69, 9.17) is 0 Å². The molecular weight excluding hydrogens is 302 g/mol. The average Bonchev–Trinajstić information content (AvgIpc) is 2.97. The fraction of sp³-hybridized carbons (Fsp3) is 0.467. The van der Waals surface area contributed by atoms with Crippen LogP contribution in [0.25, 0.3) is 0 Å². The topological polar surface area (TPSA) is 72.9 Å². The number of anilines is 1. The maximum absolute atomic E-state index is 12.5. The first-order valence-electron chi connectivity index (χ1n) is 7.17. The van der Waals surface area contributed by atoms with E-state index >= 15 is 0 Å². The quantitative estimate of drug-likeness (QED) is 0.809. The second kappa shape index (κ2) is 7.02. The van der Waals surface area contributed by atoms with Crippen LogP contribution in [-0.2, 0) is 0 Å². The van der Waals surface area contributed by atoms with Gasteiger partial charge in [-0.25, -0.2) is 9.10 Å². The number of nitrogens with zero attached hydrogens (tertiary/aromatic N) is 2. The number of aryl methyl sites for hydroxylation is 1. The molecule has 1 saturated heterocycles. The molecule has 1 aliphatic heterocycles. The fourth-order valence-electron chi connectivity index (χ4n) is 2.58. The minimum Gasteiger partial charge on any atom is -0.478 e. The Morgan fingerprint density at radius 3 is 2.45 bits per heavy atom. The molecule has 1 amide bonds. The Labute approximate surface area is 134 Å². The van der Waals surface area contributed by atoms with E-state index in [9.17, 15) is 14.7 Å². The van der Waals surface area contributed by atoms with Crippen LogP contribution in [0.15, 0.2) is 12.1 Å². The second-order valence-electron chi connectivity index (χ2n) is 5.52. The summed E-state index contributed by atoms with van der Waals surface area (Å²) in [5, 5.41) is 9.25. The molecule has 1 fully saturated rings. The second-order valence-corrected chi connectivity index (χ2v) is 6.64. The van der Waals surface area contributed by atoms with E-state index in [2.05, 4.69) is 9.62 Å². The van der Waals surface area contributed by atoms with Crippen molar-refractivity contribution in [3.05, 3.63) is 28.8 Å². The third-order valence-electron chi connectivity index (χ3n) is 3.56. The number of nitrogens with one attached hydrogen (secondary N) is 1. The monoisotopic (exact) mass is 323 g/mol. The number of carbonyl (C=O) groups is 2. The van der Waals surface area contributed by atoms with Gasteiger partial charge in [-0.1, -0.05) is 0 Å². The van der Waals surface area contributed by atoms with E-state index in [1.165, 1.54) is 12.1 Å². The van der Waals surface area contributed by atoms with Crippen LogP contribution < -0.4 is 9.62 Å². The maximum Gasteiger partial charge on any atom is 0.335 e.